The van der Waals surface area contributed by atoms with Gasteiger partial charge in [-0.15, -0.1) is 22.7 Å². The maximum atomic E-state index is 12.8. The number of aromatic nitrogens is 2. The van der Waals surface area contributed by atoms with E-state index in [1.807, 2.05) is 35.0 Å². The van der Waals surface area contributed by atoms with Gasteiger partial charge in [-0.3, -0.25) is 14.2 Å². The molecule has 0 radical (unpaired) electrons. The van der Waals surface area contributed by atoms with Crippen LogP contribution in [0.3, 0.4) is 0 Å². The van der Waals surface area contributed by atoms with Gasteiger partial charge in [0.05, 0.1) is 31.1 Å². The van der Waals surface area contributed by atoms with Gasteiger partial charge in [0.2, 0.25) is 5.91 Å². The zero-order valence-electron chi connectivity index (χ0n) is 14.4. The maximum Gasteiger partial charge on any atom is 0.262 e. The van der Waals surface area contributed by atoms with E-state index in [9.17, 15) is 9.59 Å². The standard InChI is InChI=1S/C19H17N3O3S2/c23-17(5-7-21-13-20-18-16(19(21)24)6-10-27-18)22(11-14-3-1-8-25-14)12-15-4-2-9-26-15/h1-4,6,8-10,13H,5,7,11-12H2. The number of amides is 1. The largest absolute Gasteiger partial charge is 0.467 e. The van der Waals surface area contributed by atoms with Crippen LogP contribution in [0.1, 0.15) is 17.1 Å². The lowest BCUT2D eigenvalue weighted by Crippen LogP contribution is -2.31. The summed E-state index contributed by atoms with van der Waals surface area (Å²) >= 11 is 3.05. The summed E-state index contributed by atoms with van der Waals surface area (Å²) in [5.74, 6) is 0.704. The smallest absolute Gasteiger partial charge is 0.262 e. The molecule has 0 spiro atoms. The third-order valence-corrected chi connectivity index (χ3v) is 5.91. The fourth-order valence-electron chi connectivity index (χ4n) is 2.84. The third-order valence-electron chi connectivity index (χ3n) is 4.22. The number of hydrogen-bond donors (Lipinski definition) is 0. The summed E-state index contributed by atoms with van der Waals surface area (Å²) in [6.07, 6.45) is 3.35. The van der Waals surface area contributed by atoms with Crippen LogP contribution in [-0.4, -0.2) is 20.4 Å². The summed E-state index contributed by atoms with van der Waals surface area (Å²) in [6.45, 7) is 1.23. The van der Waals surface area contributed by atoms with Crippen LogP contribution in [0.4, 0.5) is 0 Å². The first-order valence-electron chi connectivity index (χ1n) is 8.46. The van der Waals surface area contributed by atoms with Crippen LogP contribution >= 0.6 is 22.7 Å². The monoisotopic (exact) mass is 399 g/mol. The minimum atomic E-state index is -0.107. The Morgan fingerprint density at radius 3 is 2.85 bits per heavy atom. The number of carbonyl (C=O) groups excluding carboxylic acids is 1. The number of aryl methyl sites for hydroxylation is 1. The van der Waals surface area contributed by atoms with Crippen LogP contribution in [0.5, 0.6) is 0 Å². The van der Waals surface area contributed by atoms with E-state index in [4.69, 9.17) is 4.42 Å². The minimum absolute atomic E-state index is 0.0304. The SMILES string of the molecule is O=C(CCn1cnc2sccc2c1=O)N(Cc1ccco1)Cc1cccs1. The molecule has 0 aliphatic rings. The van der Waals surface area contributed by atoms with Crippen molar-refractivity contribution in [3.8, 4) is 0 Å². The average molecular weight is 399 g/mol. The van der Waals surface area contributed by atoms with E-state index in [0.29, 0.717) is 25.0 Å². The lowest BCUT2D eigenvalue weighted by Gasteiger charge is -2.21. The molecule has 0 aliphatic carbocycles. The summed E-state index contributed by atoms with van der Waals surface area (Å²) in [6, 6.07) is 9.41. The van der Waals surface area contributed by atoms with E-state index in [2.05, 4.69) is 4.98 Å². The molecule has 0 N–H and O–H groups in total. The zero-order chi connectivity index (χ0) is 18.6. The lowest BCUT2D eigenvalue weighted by atomic mass is 10.3. The second kappa shape index (κ2) is 7.89. The molecule has 0 atom stereocenters. The second-order valence-corrected chi connectivity index (χ2v) is 7.97. The lowest BCUT2D eigenvalue weighted by molar-refractivity contribution is -0.132. The predicted molar refractivity (Wildman–Crippen MR) is 106 cm³/mol. The van der Waals surface area contributed by atoms with Crippen LogP contribution in [-0.2, 0) is 24.4 Å². The van der Waals surface area contributed by atoms with Crippen LogP contribution in [0, 0.1) is 0 Å². The normalized spacial score (nSPS) is 11.1. The van der Waals surface area contributed by atoms with Crippen molar-refractivity contribution in [2.24, 2.45) is 0 Å². The van der Waals surface area contributed by atoms with Gasteiger partial charge >= 0.3 is 0 Å². The van der Waals surface area contributed by atoms with Gasteiger partial charge in [-0.1, -0.05) is 6.07 Å². The molecular weight excluding hydrogens is 382 g/mol. The van der Waals surface area contributed by atoms with Gasteiger partial charge in [0, 0.05) is 17.8 Å². The molecule has 0 fully saturated rings. The number of nitrogens with zero attached hydrogens (tertiary/aromatic N) is 3. The molecule has 138 valence electrons. The van der Waals surface area contributed by atoms with E-state index in [0.717, 1.165) is 15.5 Å². The van der Waals surface area contributed by atoms with Gasteiger partial charge in [0.1, 0.15) is 10.6 Å². The summed E-state index contributed by atoms with van der Waals surface area (Å²) in [7, 11) is 0. The van der Waals surface area contributed by atoms with Crippen LogP contribution < -0.4 is 5.56 Å². The zero-order valence-corrected chi connectivity index (χ0v) is 16.0. The molecule has 4 aromatic rings. The summed E-state index contributed by atoms with van der Waals surface area (Å²) < 4.78 is 6.90. The Bertz CT molecular complexity index is 1050. The van der Waals surface area contributed by atoms with E-state index < -0.39 is 0 Å². The molecule has 0 aromatic carbocycles. The van der Waals surface area contributed by atoms with Gasteiger partial charge in [-0.25, -0.2) is 4.98 Å². The topological polar surface area (TPSA) is 68.3 Å². The molecule has 4 heterocycles. The number of carbonyl (C=O) groups is 1. The first-order chi connectivity index (χ1) is 13.2. The maximum absolute atomic E-state index is 12.8. The summed E-state index contributed by atoms with van der Waals surface area (Å²) in [4.78, 5) is 33.2. The molecule has 0 saturated carbocycles. The Morgan fingerprint density at radius 2 is 2.07 bits per heavy atom. The van der Waals surface area contributed by atoms with Crippen molar-refractivity contribution in [2.45, 2.75) is 26.1 Å². The fourth-order valence-corrected chi connectivity index (χ4v) is 4.28. The molecule has 4 aromatic heterocycles. The quantitative estimate of drug-likeness (QED) is 0.475. The minimum Gasteiger partial charge on any atom is -0.467 e. The van der Waals surface area contributed by atoms with Gasteiger partial charge in [-0.2, -0.15) is 0 Å². The molecular formula is C19H17N3O3S2. The van der Waals surface area contributed by atoms with Crippen LogP contribution in [0.25, 0.3) is 10.2 Å². The van der Waals surface area contributed by atoms with Crippen molar-refractivity contribution in [1.29, 1.82) is 0 Å². The van der Waals surface area contributed by atoms with Gasteiger partial charge in [-0.05, 0) is 35.0 Å². The molecule has 0 unspecified atom stereocenters. The average Bonchev–Trinajstić information content (AvgIpc) is 3.43. The third kappa shape index (κ3) is 4.01. The first kappa shape index (κ1) is 17.7. The molecule has 27 heavy (non-hydrogen) atoms. The van der Waals surface area contributed by atoms with Crippen molar-refractivity contribution in [3.05, 3.63) is 74.7 Å². The van der Waals surface area contributed by atoms with Gasteiger partial charge in [0.15, 0.2) is 0 Å². The van der Waals surface area contributed by atoms with Gasteiger partial charge < -0.3 is 9.32 Å². The Hall–Kier alpha value is -2.71. The van der Waals surface area contributed by atoms with E-state index in [-0.39, 0.29) is 17.9 Å². The number of thiophene rings is 2. The van der Waals surface area contributed by atoms with Crippen molar-refractivity contribution in [1.82, 2.24) is 14.5 Å². The molecule has 0 aliphatic heterocycles. The van der Waals surface area contributed by atoms with Crippen molar-refractivity contribution in [3.63, 3.8) is 0 Å². The van der Waals surface area contributed by atoms with Crippen molar-refractivity contribution in [2.75, 3.05) is 0 Å². The predicted octanol–water partition coefficient (Wildman–Crippen LogP) is 3.73. The number of furan rings is 1. The highest BCUT2D eigenvalue weighted by molar-refractivity contribution is 7.16. The Morgan fingerprint density at radius 1 is 1.15 bits per heavy atom. The first-order valence-corrected chi connectivity index (χ1v) is 10.2. The fraction of sp³-hybridized carbons (Fsp3) is 0.211. The van der Waals surface area contributed by atoms with Crippen molar-refractivity contribution >= 4 is 38.8 Å². The molecule has 1 amide bonds. The van der Waals surface area contributed by atoms with Gasteiger partial charge in [0.25, 0.3) is 5.56 Å². The number of hydrogen-bond acceptors (Lipinski definition) is 6. The highest BCUT2D eigenvalue weighted by Crippen LogP contribution is 2.17. The molecule has 0 bridgehead atoms. The Balaban J connectivity index is 1.48. The van der Waals surface area contributed by atoms with Crippen LogP contribution in [0.15, 0.2) is 62.9 Å². The van der Waals surface area contributed by atoms with Crippen LogP contribution in [0.2, 0.25) is 0 Å². The highest BCUT2D eigenvalue weighted by Gasteiger charge is 2.17. The van der Waals surface area contributed by atoms with E-state index >= 15 is 0 Å². The molecule has 0 saturated heterocycles. The Kier molecular flexibility index (Phi) is 5.17. The molecule has 8 heteroatoms. The molecule has 6 nitrogen and oxygen atoms in total. The van der Waals surface area contributed by atoms with E-state index in [1.165, 1.54) is 22.2 Å². The Labute approximate surface area is 163 Å². The van der Waals surface area contributed by atoms with E-state index in [1.54, 1.807) is 28.6 Å². The van der Waals surface area contributed by atoms with Crippen molar-refractivity contribution < 1.29 is 9.21 Å². The molecule has 4 rings (SSSR count). The highest BCUT2D eigenvalue weighted by atomic mass is 32.1. The number of fused-ring (bicyclic) bond motifs is 1. The summed E-state index contributed by atoms with van der Waals surface area (Å²) in [5.41, 5.74) is -0.107. The second-order valence-electron chi connectivity index (χ2n) is 6.04. The summed E-state index contributed by atoms with van der Waals surface area (Å²) in [5, 5.41) is 4.44. The number of rotatable bonds is 7.